The van der Waals surface area contributed by atoms with Crippen LogP contribution in [0.1, 0.15) is 15.9 Å². The number of hydrogen-bond acceptors (Lipinski definition) is 3. The van der Waals surface area contributed by atoms with Crippen LogP contribution in [0.5, 0.6) is 11.5 Å². The van der Waals surface area contributed by atoms with Crippen molar-refractivity contribution in [3.63, 3.8) is 0 Å². The van der Waals surface area contributed by atoms with E-state index in [1.807, 2.05) is 0 Å². The van der Waals surface area contributed by atoms with Gasteiger partial charge in [-0.25, -0.2) is 4.79 Å². The summed E-state index contributed by atoms with van der Waals surface area (Å²) >= 11 is 0. The molecule has 0 aliphatic rings. The van der Waals surface area contributed by atoms with Crippen LogP contribution in [0, 0.1) is 0 Å². The molecule has 110 valence electrons. The first-order valence-electron chi connectivity index (χ1n) is 5.93. The smallest absolute Gasteiger partial charge is 0.416 e. The predicted molar refractivity (Wildman–Crippen MR) is 69.3 cm³/mol. The van der Waals surface area contributed by atoms with Crippen LogP contribution in [0.15, 0.2) is 48.5 Å². The van der Waals surface area contributed by atoms with Gasteiger partial charge in [0.15, 0.2) is 0 Å². The van der Waals surface area contributed by atoms with Crippen molar-refractivity contribution in [3.8, 4) is 11.5 Å². The van der Waals surface area contributed by atoms with Crippen molar-refractivity contribution in [2.24, 2.45) is 0 Å². The molecule has 0 radical (unpaired) electrons. The molecular formula is C15H11F3O3. The van der Waals surface area contributed by atoms with Crippen molar-refractivity contribution < 1.29 is 27.4 Å². The fourth-order valence-electron chi connectivity index (χ4n) is 1.68. The Kier molecular flexibility index (Phi) is 4.16. The van der Waals surface area contributed by atoms with Crippen LogP contribution in [0.2, 0.25) is 0 Å². The first-order chi connectivity index (χ1) is 9.90. The van der Waals surface area contributed by atoms with Crippen molar-refractivity contribution in [2.45, 2.75) is 6.18 Å². The molecule has 2 aromatic carbocycles. The number of methoxy groups -OCH3 is 1. The highest BCUT2D eigenvalue weighted by atomic mass is 19.4. The Morgan fingerprint density at radius 3 is 2.24 bits per heavy atom. The third-order valence-corrected chi connectivity index (χ3v) is 2.65. The summed E-state index contributed by atoms with van der Waals surface area (Å²) in [6.45, 7) is 0. The van der Waals surface area contributed by atoms with E-state index in [9.17, 15) is 18.0 Å². The second-order valence-electron chi connectivity index (χ2n) is 4.15. The Balaban J connectivity index is 2.24. The van der Waals surface area contributed by atoms with Gasteiger partial charge in [-0.3, -0.25) is 0 Å². The highest BCUT2D eigenvalue weighted by molar-refractivity contribution is 5.89. The molecule has 0 bridgehead atoms. The molecule has 0 saturated carbocycles. The van der Waals surface area contributed by atoms with E-state index in [-0.39, 0.29) is 17.1 Å². The van der Waals surface area contributed by atoms with Gasteiger partial charge in [-0.05, 0) is 36.4 Å². The SMILES string of the molecule is COC(=O)c1cccc(Oc2cccc(C(F)(F)F)c2)c1. The van der Waals surface area contributed by atoms with E-state index in [0.29, 0.717) is 0 Å². The van der Waals surface area contributed by atoms with Crippen molar-refractivity contribution >= 4 is 5.97 Å². The van der Waals surface area contributed by atoms with E-state index in [1.54, 1.807) is 6.07 Å². The number of carbonyl (C=O) groups excluding carboxylic acids is 1. The van der Waals surface area contributed by atoms with Crippen molar-refractivity contribution in [3.05, 3.63) is 59.7 Å². The molecule has 0 aromatic heterocycles. The number of benzene rings is 2. The molecule has 2 rings (SSSR count). The van der Waals surface area contributed by atoms with Crippen LogP contribution in [0.25, 0.3) is 0 Å². The molecule has 0 amide bonds. The Hall–Kier alpha value is -2.50. The van der Waals surface area contributed by atoms with Crippen LogP contribution < -0.4 is 4.74 Å². The molecule has 0 saturated heterocycles. The fraction of sp³-hybridized carbons (Fsp3) is 0.133. The molecule has 0 atom stereocenters. The number of halogens is 3. The Labute approximate surface area is 118 Å². The molecule has 0 fully saturated rings. The zero-order chi connectivity index (χ0) is 15.5. The maximum atomic E-state index is 12.6. The van der Waals surface area contributed by atoms with Gasteiger partial charge in [0, 0.05) is 0 Å². The van der Waals surface area contributed by atoms with E-state index < -0.39 is 17.7 Å². The van der Waals surface area contributed by atoms with E-state index in [4.69, 9.17) is 4.74 Å². The lowest BCUT2D eigenvalue weighted by atomic mass is 10.2. The second-order valence-corrected chi connectivity index (χ2v) is 4.15. The van der Waals surface area contributed by atoms with Crippen molar-refractivity contribution in [1.29, 1.82) is 0 Å². The molecule has 0 aliphatic heterocycles. The van der Waals surface area contributed by atoms with E-state index in [2.05, 4.69) is 4.74 Å². The number of ether oxygens (including phenoxy) is 2. The first-order valence-corrected chi connectivity index (χ1v) is 5.93. The molecule has 0 N–H and O–H groups in total. The lowest BCUT2D eigenvalue weighted by Crippen LogP contribution is -2.04. The minimum absolute atomic E-state index is 0.0341. The lowest BCUT2D eigenvalue weighted by Gasteiger charge is -2.10. The third kappa shape index (κ3) is 3.75. The van der Waals surface area contributed by atoms with E-state index in [1.165, 1.54) is 37.4 Å². The molecule has 0 spiro atoms. The maximum absolute atomic E-state index is 12.6. The standard InChI is InChI=1S/C15H11F3O3/c1-20-14(19)10-4-2-6-12(8-10)21-13-7-3-5-11(9-13)15(16,17)18/h2-9H,1H3. The molecular weight excluding hydrogens is 285 g/mol. The summed E-state index contributed by atoms with van der Waals surface area (Å²) in [5, 5.41) is 0. The van der Waals surface area contributed by atoms with Gasteiger partial charge in [0.25, 0.3) is 0 Å². The average molecular weight is 296 g/mol. The summed E-state index contributed by atoms with van der Waals surface area (Å²) in [5.41, 5.74) is -0.550. The average Bonchev–Trinajstić information content (AvgIpc) is 2.46. The van der Waals surface area contributed by atoms with Gasteiger partial charge >= 0.3 is 12.1 Å². The Bertz CT molecular complexity index is 651. The van der Waals surface area contributed by atoms with Gasteiger partial charge in [-0.1, -0.05) is 12.1 Å². The summed E-state index contributed by atoms with van der Waals surface area (Å²) < 4.78 is 47.7. The zero-order valence-electron chi connectivity index (χ0n) is 11.0. The van der Waals surface area contributed by atoms with Gasteiger partial charge in [0.1, 0.15) is 11.5 Å². The van der Waals surface area contributed by atoms with Gasteiger partial charge < -0.3 is 9.47 Å². The topological polar surface area (TPSA) is 35.5 Å². The highest BCUT2D eigenvalue weighted by Crippen LogP contribution is 2.32. The van der Waals surface area contributed by atoms with Crippen LogP contribution >= 0.6 is 0 Å². The first kappa shape index (κ1) is 14.9. The van der Waals surface area contributed by atoms with Crippen LogP contribution in [0.3, 0.4) is 0 Å². The van der Waals surface area contributed by atoms with Crippen LogP contribution in [0.4, 0.5) is 13.2 Å². The summed E-state index contributed by atoms with van der Waals surface area (Å²) in [6, 6.07) is 10.5. The van der Waals surface area contributed by atoms with Crippen molar-refractivity contribution in [1.82, 2.24) is 0 Å². The molecule has 6 heteroatoms. The van der Waals surface area contributed by atoms with E-state index >= 15 is 0 Å². The Morgan fingerprint density at radius 1 is 1.00 bits per heavy atom. The molecule has 21 heavy (non-hydrogen) atoms. The van der Waals surface area contributed by atoms with E-state index in [0.717, 1.165) is 12.1 Å². The minimum atomic E-state index is -4.44. The summed E-state index contributed by atoms with van der Waals surface area (Å²) in [6.07, 6.45) is -4.44. The maximum Gasteiger partial charge on any atom is 0.416 e. The lowest BCUT2D eigenvalue weighted by molar-refractivity contribution is -0.137. The molecule has 0 aliphatic carbocycles. The second kappa shape index (κ2) is 5.87. The van der Waals surface area contributed by atoms with Gasteiger partial charge in [-0.15, -0.1) is 0 Å². The molecule has 0 unspecified atom stereocenters. The molecule has 2 aromatic rings. The minimum Gasteiger partial charge on any atom is -0.465 e. The van der Waals surface area contributed by atoms with Gasteiger partial charge in [0.05, 0.1) is 18.2 Å². The fourth-order valence-corrected chi connectivity index (χ4v) is 1.68. The third-order valence-electron chi connectivity index (χ3n) is 2.65. The number of carbonyl (C=O) groups is 1. The van der Waals surface area contributed by atoms with Crippen LogP contribution in [-0.2, 0) is 10.9 Å². The summed E-state index contributed by atoms with van der Waals surface area (Å²) in [7, 11) is 1.24. The number of rotatable bonds is 3. The zero-order valence-corrected chi connectivity index (χ0v) is 11.0. The van der Waals surface area contributed by atoms with Gasteiger partial charge in [0.2, 0.25) is 0 Å². The summed E-state index contributed by atoms with van der Waals surface area (Å²) in [4.78, 5) is 11.4. The number of esters is 1. The highest BCUT2D eigenvalue weighted by Gasteiger charge is 2.30. The summed E-state index contributed by atoms with van der Waals surface area (Å²) in [5.74, 6) is -0.270. The quantitative estimate of drug-likeness (QED) is 0.793. The number of alkyl halides is 3. The number of hydrogen-bond donors (Lipinski definition) is 0. The van der Waals surface area contributed by atoms with Crippen LogP contribution in [-0.4, -0.2) is 13.1 Å². The monoisotopic (exact) mass is 296 g/mol. The molecule has 0 heterocycles. The predicted octanol–water partition coefficient (Wildman–Crippen LogP) is 4.28. The van der Waals surface area contributed by atoms with Gasteiger partial charge in [-0.2, -0.15) is 13.2 Å². The van der Waals surface area contributed by atoms with Crippen molar-refractivity contribution in [2.75, 3.05) is 7.11 Å². The normalized spacial score (nSPS) is 11.0. The largest absolute Gasteiger partial charge is 0.465 e. The Morgan fingerprint density at radius 2 is 1.62 bits per heavy atom. The molecule has 3 nitrogen and oxygen atoms in total.